The largest absolute Gasteiger partial charge is 0.478 e. The van der Waals surface area contributed by atoms with Crippen molar-refractivity contribution >= 4 is 33.7 Å². The van der Waals surface area contributed by atoms with Gasteiger partial charge in [0.05, 0.1) is 5.57 Å². The molecular weight excluding hydrogens is 315 g/mol. The number of carboxylic acid groups (broad SMARTS) is 1. The van der Waals surface area contributed by atoms with E-state index in [0.717, 1.165) is 6.08 Å². The van der Waals surface area contributed by atoms with Gasteiger partial charge in [-0.1, -0.05) is 15.9 Å². The fraction of sp³-hybridized carbons (Fsp3) is 0.182. The number of aliphatic carboxylic acids is 1. The first kappa shape index (κ1) is 12.9. The topological polar surface area (TPSA) is 49.3 Å². The van der Waals surface area contributed by atoms with Crippen LogP contribution in [0.25, 0.3) is 6.08 Å². The van der Waals surface area contributed by atoms with Crippen molar-refractivity contribution < 1.29 is 23.1 Å². The number of halogens is 4. The quantitative estimate of drug-likeness (QED) is 0.834. The van der Waals surface area contributed by atoms with Crippen LogP contribution in [-0.4, -0.2) is 23.3 Å². The van der Waals surface area contributed by atoms with Crippen molar-refractivity contribution in [3.8, 4) is 0 Å². The van der Waals surface area contributed by atoms with E-state index in [1.807, 2.05) is 0 Å². The number of nitrogens with one attached hydrogen (secondary N) is 1. The van der Waals surface area contributed by atoms with Gasteiger partial charge in [-0.3, -0.25) is 0 Å². The summed E-state index contributed by atoms with van der Waals surface area (Å²) in [5.41, 5.74) is -0.0547. The zero-order chi connectivity index (χ0) is 13.5. The minimum atomic E-state index is -4.66. The normalized spacial score (nSPS) is 18.7. The van der Waals surface area contributed by atoms with E-state index in [9.17, 15) is 18.0 Å². The highest BCUT2D eigenvalue weighted by Crippen LogP contribution is 2.36. The van der Waals surface area contributed by atoms with Crippen LogP contribution in [-0.2, 0) is 4.79 Å². The summed E-state index contributed by atoms with van der Waals surface area (Å²) in [4.78, 5) is 10.9. The van der Waals surface area contributed by atoms with Gasteiger partial charge >= 0.3 is 12.1 Å². The van der Waals surface area contributed by atoms with Crippen LogP contribution >= 0.6 is 15.9 Å². The highest BCUT2D eigenvalue weighted by molar-refractivity contribution is 9.10. The average molecular weight is 322 g/mol. The van der Waals surface area contributed by atoms with E-state index in [4.69, 9.17) is 5.11 Å². The lowest BCUT2D eigenvalue weighted by molar-refractivity contribution is -0.146. The summed E-state index contributed by atoms with van der Waals surface area (Å²) in [5, 5.41) is 11.0. The Morgan fingerprint density at radius 1 is 1.39 bits per heavy atom. The molecule has 0 bridgehead atoms. The van der Waals surface area contributed by atoms with Crippen LogP contribution in [0.2, 0.25) is 0 Å². The summed E-state index contributed by atoms with van der Waals surface area (Å²) in [6.45, 7) is 0. The van der Waals surface area contributed by atoms with E-state index in [0.29, 0.717) is 10.0 Å². The van der Waals surface area contributed by atoms with Crippen LogP contribution in [0.5, 0.6) is 0 Å². The number of carboxylic acids is 1. The number of fused-ring (bicyclic) bond motifs is 1. The summed E-state index contributed by atoms with van der Waals surface area (Å²) in [5.74, 6) is -1.59. The van der Waals surface area contributed by atoms with Crippen molar-refractivity contribution in [2.75, 3.05) is 5.32 Å². The van der Waals surface area contributed by atoms with E-state index >= 15 is 0 Å². The first-order chi connectivity index (χ1) is 8.29. The molecule has 2 N–H and O–H groups in total. The van der Waals surface area contributed by atoms with Crippen LogP contribution in [0.3, 0.4) is 0 Å². The molecule has 1 heterocycles. The Morgan fingerprint density at radius 3 is 2.61 bits per heavy atom. The van der Waals surface area contributed by atoms with E-state index in [1.54, 1.807) is 12.1 Å². The Kier molecular flexibility index (Phi) is 3.10. The van der Waals surface area contributed by atoms with Gasteiger partial charge in [-0.2, -0.15) is 13.2 Å². The molecular formula is C11H7BrF3NO2. The summed E-state index contributed by atoms with van der Waals surface area (Å²) in [6.07, 6.45) is -3.62. The van der Waals surface area contributed by atoms with E-state index in [1.165, 1.54) is 6.07 Å². The summed E-state index contributed by atoms with van der Waals surface area (Å²) in [6, 6.07) is 2.41. The van der Waals surface area contributed by atoms with Gasteiger partial charge in [0.2, 0.25) is 0 Å². The number of benzene rings is 1. The van der Waals surface area contributed by atoms with E-state index in [-0.39, 0.29) is 5.69 Å². The van der Waals surface area contributed by atoms with Crippen LogP contribution in [0, 0.1) is 0 Å². The minimum Gasteiger partial charge on any atom is -0.478 e. The van der Waals surface area contributed by atoms with Gasteiger partial charge in [-0.05, 0) is 29.8 Å². The molecule has 0 aliphatic carbocycles. The molecule has 1 aliphatic rings. The van der Waals surface area contributed by atoms with Crippen LogP contribution < -0.4 is 5.32 Å². The Morgan fingerprint density at radius 2 is 2.06 bits per heavy atom. The van der Waals surface area contributed by atoms with Gasteiger partial charge in [0.25, 0.3) is 0 Å². The average Bonchev–Trinajstić information content (AvgIpc) is 2.25. The lowest BCUT2D eigenvalue weighted by Crippen LogP contribution is -2.41. The summed E-state index contributed by atoms with van der Waals surface area (Å²) >= 11 is 3.18. The third-order valence-corrected chi connectivity index (χ3v) is 3.00. The van der Waals surface area contributed by atoms with Gasteiger partial charge in [-0.25, -0.2) is 4.79 Å². The van der Waals surface area contributed by atoms with E-state index in [2.05, 4.69) is 21.2 Å². The Labute approximate surface area is 108 Å². The molecule has 0 aromatic heterocycles. The number of hydrogen-bond acceptors (Lipinski definition) is 2. The van der Waals surface area contributed by atoms with Crippen molar-refractivity contribution in [3.63, 3.8) is 0 Å². The second kappa shape index (κ2) is 4.31. The van der Waals surface area contributed by atoms with Crippen LogP contribution in [0.1, 0.15) is 5.56 Å². The minimum absolute atomic E-state index is 0.255. The first-order valence-electron chi connectivity index (χ1n) is 4.87. The summed E-state index contributed by atoms with van der Waals surface area (Å²) < 4.78 is 38.9. The monoisotopic (exact) mass is 321 g/mol. The number of carbonyl (C=O) groups is 1. The van der Waals surface area contributed by atoms with Crippen LogP contribution in [0.4, 0.5) is 18.9 Å². The lowest BCUT2D eigenvalue weighted by Gasteiger charge is -2.28. The maximum atomic E-state index is 12.7. The Balaban J connectivity index is 2.53. The molecule has 2 rings (SSSR count). The molecule has 1 atom stereocenters. The first-order valence-corrected chi connectivity index (χ1v) is 5.66. The highest BCUT2D eigenvalue weighted by Gasteiger charge is 2.46. The molecule has 0 saturated heterocycles. The highest BCUT2D eigenvalue weighted by atomic mass is 79.9. The molecule has 7 heteroatoms. The molecule has 1 aromatic carbocycles. The molecule has 0 spiro atoms. The van der Waals surface area contributed by atoms with Crippen molar-refractivity contribution in [3.05, 3.63) is 33.8 Å². The third-order valence-electron chi connectivity index (χ3n) is 2.51. The van der Waals surface area contributed by atoms with Crippen LogP contribution in [0.15, 0.2) is 28.2 Å². The number of hydrogen-bond donors (Lipinski definition) is 2. The molecule has 0 radical (unpaired) electrons. The van der Waals surface area contributed by atoms with Crippen molar-refractivity contribution in [1.82, 2.24) is 0 Å². The third kappa shape index (κ3) is 2.35. The van der Waals surface area contributed by atoms with Gasteiger partial charge in [-0.15, -0.1) is 0 Å². The Hall–Kier alpha value is -1.50. The summed E-state index contributed by atoms with van der Waals surface area (Å²) in [7, 11) is 0. The maximum absolute atomic E-state index is 12.7. The van der Waals surface area contributed by atoms with E-state index < -0.39 is 23.8 Å². The fourth-order valence-corrected chi connectivity index (χ4v) is 2.09. The molecule has 0 amide bonds. The SMILES string of the molecule is O=C(O)C1=Cc2cc(Br)ccc2N[C@@H]1C(F)(F)F. The molecule has 3 nitrogen and oxygen atoms in total. The molecule has 0 fully saturated rings. The fourth-order valence-electron chi connectivity index (χ4n) is 1.71. The number of anilines is 1. The van der Waals surface area contributed by atoms with Crippen molar-refractivity contribution in [2.24, 2.45) is 0 Å². The van der Waals surface area contributed by atoms with Gasteiger partial charge in [0, 0.05) is 10.2 Å². The van der Waals surface area contributed by atoms with Gasteiger partial charge < -0.3 is 10.4 Å². The molecule has 1 aliphatic heterocycles. The van der Waals surface area contributed by atoms with Crippen molar-refractivity contribution in [1.29, 1.82) is 0 Å². The second-order valence-corrected chi connectivity index (χ2v) is 4.67. The molecule has 18 heavy (non-hydrogen) atoms. The predicted molar refractivity (Wildman–Crippen MR) is 63.2 cm³/mol. The second-order valence-electron chi connectivity index (χ2n) is 3.76. The predicted octanol–water partition coefficient (Wildman–Crippen LogP) is 3.27. The standard InChI is InChI=1S/C11H7BrF3NO2/c12-6-1-2-8-5(3-6)4-7(10(17)18)9(16-8)11(13,14)15/h1-4,9,16H,(H,17,18)/t9-/m0/s1. The molecule has 0 unspecified atom stereocenters. The molecule has 0 saturated carbocycles. The van der Waals surface area contributed by atoms with Gasteiger partial charge in [0.1, 0.15) is 0 Å². The Bertz CT molecular complexity index is 540. The maximum Gasteiger partial charge on any atom is 0.413 e. The van der Waals surface area contributed by atoms with Gasteiger partial charge in [0.15, 0.2) is 6.04 Å². The zero-order valence-corrected chi connectivity index (χ0v) is 10.3. The number of rotatable bonds is 1. The number of alkyl halides is 3. The molecule has 1 aromatic rings. The molecule has 96 valence electrons. The lowest BCUT2D eigenvalue weighted by atomic mass is 9.97. The zero-order valence-electron chi connectivity index (χ0n) is 8.75. The smallest absolute Gasteiger partial charge is 0.413 e. The van der Waals surface area contributed by atoms with Crippen molar-refractivity contribution in [2.45, 2.75) is 12.2 Å².